The highest BCUT2D eigenvalue weighted by atomic mass is 32.2. The van der Waals surface area contributed by atoms with Crippen LogP contribution in [-0.2, 0) is 24.2 Å². The van der Waals surface area contributed by atoms with Crippen molar-refractivity contribution in [2.24, 2.45) is 0 Å². The Morgan fingerprint density at radius 2 is 2.19 bits per heavy atom. The standard InChI is InChI=1S/C8H11NO6S/c1-8(12)6(11)9-4(5(10)15-2)3-16(13,14)7(8)9/h4,7,12H,3H2,1-2H3. The maximum atomic E-state index is 11.7. The van der Waals surface area contributed by atoms with Crippen LogP contribution in [0.1, 0.15) is 6.92 Å². The lowest BCUT2D eigenvalue weighted by Crippen LogP contribution is -2.73. The smallest absolute Gasteiger partial charge is 0.329 e. The van der Waals surface area contributed by atoms with Crippen LogP contribution in [0.5, 0.6) is 0 Å². The minimum absolute atomic E-state index is 0.494. The van der Waals surface area contributed by atoms with Crippen LogP contribution in [0.3, 0.4) is 0 Å². The summed E-state index contributed by atoms with van der Waals surface area (Å²) in [5.74, 6) is -2.03. The third kappa shape index (κ3) is 1.14. The van der Waals surface area contributed by atoms with Gasteiger partial charge in [-0.2, -0.15) is 0 Å². The molecule has 2 heterocycles. The van der Waals surface area contributed by atoms with E-state index in [1.165, 1.54) is 0 Å². The van der Waals surface area contributed by atoms with Gasteiger partial charge in [-0.15, -0.1) is 0 Å². The number of rotatable bonds is 1. The van der Waals surface area contributed by atoms with E-state index in [4.69, 9.17) is 0 Å². The number of β-lactam (4-membered cyclic amide) rings is 1. The third-order valence-corrected chi connectivity index (χ3v) is 5.09. The van der Waals surface area contributed by atoms with E-state index in [2.05, 4.69) is 4.74 Å². The topological polar surface area (TPSA) is 101 Å². The Bertz CT molecular complexity index is 467. The van der Waals surface area contributed by atoms with E-state index in [1.54, 1.807) is 0 Å². The first kappa shape index (κ1) is 11.3. The lowest BCUT2D eigenvalue weighted by molar-refractivity contribution is -0.184. The summed E-state index contributed by atoms with van der Waals surface area (Å²) < 4.78 is 27.7. The number of carbonyl (C=O) groups is 2. The molecule has 0 saturated carbocycles. The van der Waals surface area contributed by atoms with Crippen LogP contribution in [0.2, 0.25) is 0 Å². The average molecular weight is 249 g/mol. The molecule has 0 aromatic carbocycles. The fraction of sp³-hybridized carbons (Fsp3) is 0.750. The van der Waals surface area contributed by atoms with E-state index < -0.39 is 44.5 Å². The number of hydrogen-bond acceptors (Lipinski definition) is 6. The number of sulfone groups is 1. The molecule has 7 nitrogen and oxygen atoms in total. The summed E-state index contributed by atoms with van der Waals surface area (Å²) in [6, 6.07) is -1.13. The summed E-state index contributed by atoms with van der Waals surface area (Å²) in [6.45, 7) is 1.13. The molecule has 2 aliphatic heterocycles. The normalized spacial score (nSPS) is 40.2. The van der Waals surface area contributed by atoms with Crippen LogP contribution in [0.25, 0.3) is 0 Å². The highest BCUT2D eigenvalue weighted by Crippen LogP contribution is 2.42. The average Bonchev–Trinajstić information content (AvgIpc) is 2.47. The molecule has 16 heavy (non-hydrogen) atoms. The van der Waals surface area contributed by atoms with Crippen LogP contribution < -0.4 is 0 Å². The lowest BCUT2D eigenvalue weighted by Gasteiger charge is -2.46. The first-order valence-corrected chi connectivity index (χ1v) is 6.29. The van der Waals surface area contributed by atoms with Gasteiger partial charge in [-0.3, -0.25) is 4.79 Å². The molecule has 0 aromatic rings. The maximum Gasteiger partial charge on any atom is 0.329 e. The molecule has 2 fully saturated rings. The van der Waals surface area contributed by atoms with Crippen molar-refractivity contribution in [1.82, 2.24) is 4.90 Å². The van der Waals surface area contributed by atoms with Gasteiger partial charge in [0.1, 0.15) is 6.04 Å². The lowest BCUT2D eigenvalue weighted by atomic mass is 9.93. The number of fused-ring (bicyclic) bond motifs is 1. The second kappa shape index (κ2) is 2.95. The molecule has 8 heteroatoms. The quantitative estimate of drug-likeness (QED) is 0.421. The van der Waals surface area contributed by atoms with Gasteiger partial charge in [-0.05, 0) is 6.92 Å². The predicted molar refractivity (Wildman–Crippen MR) is 50.8 cm³/mol. The van der Waals surface area contributed by atoms with Crippen molar-refractivity contribution in [2.45, 2.75) is 23.9 Å². The second-order valence-electron chi connectivity index (χ2n) is 4.08. The van der Waals surface area contributed by atoms with Crippen molar-refractivity contribution in [3.8, 4) is 0 Å². The molecule has 0 aliphatic carbocycles. The Hall–Kier alpha value is -1.15. The second-order valence-corrected chi connectivity index (χ2v) is 6.19. The van der Waals surface area contributed by atoms with Crippen molar-refractivity contribution < 1.29 is 27.9 Å². The van der Waals surface area contributed by atoms with E-state index in [9.17, 15) is 23.1 Å². The summed E-state index contributed by atoms with van der Waals surface area (Å²) in [5.41, 5.74) is -1.93. The Morgan fingerprint density at radius 3 is 2.69 bits per heavy atom. The highest BCUT2D eigenvalue weighted by molar-refractivity contribution is 7.92. The highest BCUT2D eigenvalue weighted by Gasteiger charge is 2.70. The number of esters is 1. The number of methoxy groups -OCH3 is 1. The summed E-state index contributed by atoms with van der Waals surface area (Å²) in [7, 11) is -2.56. The van der Waals surface area contributed by atoms with Crippen molar-refractivity contribution in [2.75, 3.05) is 12.9 Å². The van der Waals surface area contributed by atoms with Gasteiger partial charge < -0.3 is 14.7 Å². The number of hydrogen-bond donors (Lipinski definition) is 1. The van der Waals surface area contributed by atoms with Crippen molar-refractivity contribution in [3.63, 3.8) is 0 Å². The zero-order valence-electron chi connectivity index (χ0n) is 8.71. The molecule has 2 aliphatic rings. The minimum Gasteiger partial charge on any atom is -0.467 e. The van der Waals surface area contributed by atoms with Crippen LogP contribution in [0.15, 0.2) is 0 Å². The van der Waals surface area contributed by atoms with Crippen LogP contribution >= 0.6 is 0 Å². The summed E-state index contributed by atoms with van der Waals surface area (Å²) in [6.07, 6.45) is 0. The van der Waals surface area contributed by atoms with Crippen molar-refractivity contribution >= 4 is 21.7 Å². The van der Waals surface area contributed by atoms with Gasteiger partial charge >= 0.3 is 5.97 Å². The first-order valence-electron chi connectivity index (χ1n) is 4.58. The Labute approximate surface area is 91.9 Å². The van der Waals surface area contributed by atoms with E-state index in [0.29, 0.717) is 0 Å². The molecule has 2 saturated heterocycles. The van der Waals surface area contributed by atoms with Gasteiger partial charge in [0, 0.05) is 0 Å². The Kier molecular flexibility index (Phi) is 2.09. The van der Waals surface area contributed by atoms with E-state index in [0.717, 1.165) is 18.9 Å². The molecule has 3 unspecified atom stereocenters. The third-order valence-electron chi connectivity index (χ3n) is 2.94. The maximum absolute atomic E-state index is 11.7. The fourth-order valence-corrected chi connectivity index (χ4v) is 4.52. The van der Waals surface area contributed by atoms with E-state index in [1.807, 2.05) is 0 Å². The predicted octanol–water partition coefficient (Wildman–Crippen LogP) is -2.12. The van der Waals surface area contributed by atoms with Gasteiger partial charge in [0.15, 0.2) is 20.8 Å². The molecule has 0 bridgehead atoms. The largest absolute Gasteiger partial charge is 0.467 e. The molecule has 1 amide bonds. The number of amides is 1. The van der Waals surface area contributed by atoms with E-state index in [-0.39, 0.29) is 0 Å². The molecular weight excluding hydrogens is 238 g/mol. The molecule has 0 radical (unpaired) electrons. The number of ether oxygens (including phenoxy) is 1. The van der Waals surface area contributed by atoms with Gasteiger partial charge in [0.2, 0.25) is 0 Å². The van der Waals surface area contributed by atoms with Crippen molar-refractivity contribution in [3.05, 3.63) is 0 Å². The number of aliphatic hydroxyl groups is 1. The summed E-state index contributed by atoms with van der Waals surface area (Å²) in [5, 5.41) is 8.31. The van der Waals surface area contributed by atoms with Crippen molar-refractivity contribution in [1.29, 1.82) is 0 Å². The van der Waals surface area contributed by atoms with Crippen LogP contribution in [0, 0.1) is 0 Å². The zero-order valence-corrected chi connectivity index (χ0v) is 9.52. The SMILES string of the molecule is COC(=O)C1CS(=O)(=O)C2N1C(=O)C2(C)O. The Morgan fingerprint density at radius 1 is 1.62 bits per heavy atom. The molecule has 0 aromatic heterocycles. The van der Waals surface area contributed by atoms with Crippen LogP contribution in [-0.4, -0.2) is 60.2 Å². The van der Waals surface area contributed by atoms with E-state index >= 15 is 0 Å². The van der Waals surface area contributed by atoms with Gasteiger partial charge in [-0.1, -0.05) is 0 Å². The molecule has 0 spiro atoms. The fourth-order valence-electron chi connectivity index (χ4n) is 2.21. The molecule has 3 atom stereocenters. The number of nitrogens with zero attached hydrogens (tertiary/aromatic N) is 1. The van der Waals surface area contributed by atoms with Crippen LogP contribution in [0.4, 0.5) is 0 Å². The number of carbonyl (C=O) groups excluding carboxylic acids is 2. The monoisotopic (exact) mass is 249 g/mol. The summed E-state index contributed by atoms with van der Waals surface area (Å²) >= 11 is 0. The molecule has 1 N–H and O–H groups in total. The molecule has 2 rings (SSSR count). The van der Waals surface area contributed by atoms with Gasteiger partial charge in [0.05, 0.1) is 12.9 Å². The first-order chi connectivity index (χ1) is 7.23. The Balaban J connectivity index is 2.41. The summed E-state index contributed by atoms with van der Waals surface area (Å²) in [4.78, 5) is 23.6. The van der Waals surface area contributed by atoms with Gasteiger partial charge in [0.25, 0.3) is 5.91 Å². The minimum atomic E-state index is -3.68. The molecule has 90 valence electrons. The van der Waals surface area contributed by atoms with Gasteiger partial charge in [-0.25, -0.2) is 13.2 Å². The zero-order chi connectivity index (χ0) is 12.3. The molecular formula is C8H11NO6S.